The average Bonchev–Trinajstić information content (AvgIpc) is 4.05. The zero-order valence-electron chi connectivity index (χ0n) is 38.1. The fraction of sp³-hybridized carbons (Fsp3) is 0.0625. The van der Waals surface area contributed by atoms with Crippen molar-refractivity contribution in [1.29, 1.82) is 0 Å². The molecule has 0 saturated carbocycles. The predicted octanol–water partition coefficient (Wildman–Crippen LogP) is 18.7. The Labute approximate surface area is 395 Å². The summed E-state index contributed by atoms with van der Waals surface area (Å²) in [5.41, 5.74) is 18.3. The lowest BCUT2D eigenvalue weighted by atomic mass is 10.0. The minimum Gasteiger partial charge on any atom is -0.455 e. The number of hydrogen-bond donors (Lipinski definition) is 0. The minimum atomic E-state index is 0.946. The molecular weight excluding hydrogens is 831 g/mol. The third kappa shape index (κ3) is 8.09. The Morgan fingerprint density at radius 3 is 1.60 bits per heavy atom. The third-order valence-corrected chi connectivity index (χ3v) is 14.1. The van der Waals surface area contributed by atoms with Gasteiger partial charge in [-0.05, 0) is 104 Å². The molecule has 13 rings (SSSR count). The summed E-state index contributed by atoms with van der Waals surface area (Å²) in [5.74, 6) is 0. The van der Waals surface area contributed by atoms with Crippen LogP contribution < -0.4 is 0 Å². The van der Waals surface area contributed by atoms with Gasteiger partial charge < -0.3 is 8.98 Å². The molecule has 3 aromatic heterocycles. The van der Waals surface area contributed by atoms with E-state index in [-0.39, 0.29) is 0 Å². The molecule has 0 aliphatic heterocycles. The molecule has 67 heavy (non-hydrogen) atoms. The van der Waals surface area contributed by atoms with Crippen LogP contribution in [0.25, 0.3) is 103 Å². The van der Waals surface area contributed by atoms with Crippen LogP contribution in [0.5, 0.6) is 0 Å². The van der Waals surface area contributed by atoms with Gasteiger partial charge in [0.2, 0.25) is 0 Å². The van der Waals surface area contributed by atoms with Gasteiger partial charge >= 0.3 is 0 Å². The molecule has 3 heterocycles. The molecule has 0 aliphatic rings. The monoisotopic (exact) mass is 879 g/mol. The summed E-state index contributed by atoms with van der Waals surface area (Å²) in [5, 5.41) is 7.67. The van der Waals surface area contributed by atoms with E-state index in [1.807, 2.05) is 23.5 Å². The molecule has 13 aromatic rings. The van der Waals surface area contributed by atoms with Crippen molar-refractivity contribution in [3.8, 4) is 39.1 Å². The van der Waals surface area contributed by atoms with Crippen molar-refractivity contribution in [2.75, 3.05) is 0 Å². The number of aromatic nitrogens is 1. The van der Waals surface area contributed by atoms with Crippen LogP contribution >= 0.6 is 11.3 Å². The van der Waals surface area contributed by atoms with Crippen molar-refractivity contribution in [1.82, 2.24) is 4.57 Å². The molecule has 3 heteroatoms. The van der Waals surface area contributed by atoms with Crippen molar-refractivity contribution in [2.45, 2.75) is 27.7 Å². The zero-order valence-corrected chi connectivity index (χ0v) is 38.9. The van der Waals surface area contributed by atoms with E-state index in [2.05, 4.69) is 245 Å². The standard InChI is InChI=1S/C26H21N.C19H14O.C19H14S/c1-18-10-12-20(13-11-18)21-14-15-26-24(17-21)23-8-3-4-9-25(23)27(26)22-7-5-6-19(2)16-22;2*1-13-9-11-14(12-10-13)15-6-4-7-17-16-5-2-3-8-18(16)20-19(15)17/h3-17H,1-2H3;2*2-12H,1H3. The fourth-order valence-corrected chi connectivity index (χ4v) is 10.6. The lowest BCUT2D eigenvalue weighted by Gasteiger charge is -2.09. The lowest BCUT2D eigenvalue weighted by Crippen LogP contribution is -1.94. The molecule has 2 nitrogen and oxygen atoms in total. The number of benzene rings is 10. The van der Waals surface area contributed by atoms with Crippen molar-refractivity contribution < 1.29 is 4.42 Å². The number of fused-ring (bicyclic) bond motifs is 9. The van der Waals surface area contributed by atoms with Crippen LogP contribution in [0.15, 0.2) is 229 Å². The van der Waals surface area contributed by atoms with E-state index >= 15 is 0 Å². The molecule has 0 spiro atoms. The van der Waals surface area contributed by atoms with E-state index in [1.165, 1.54) is 109 Å². The Morgan fingerprint density at radius 1 is 0.343 bits per heavy atom. The number of thiophene rings is 1. The largest absolute Gasteiger partial charge is 0.455 e. The van der Waals surface area contributed by atoms with E-state index < -0.39 is 0 Å². The molecule has 10 aromatic carbocycles. The maximum absolute atomic E-state index is 6.07. The van der Waals surface area contributed by atoms with E-state index in [0.29, 0.717) is 0 Å². The van der Waals surface area contributed by atoms with Gasteiger partial charge in [0.05, 0.1) is 11.0 Å². The number of para-hydroxylation sites is 3. The van der Waals surface area contributed by atoms with Crippen molar-refractivity contribution in [3.05, 3.63) is 247 Å². The van der Waals surface area contributed by atoms with Gasteiger partial charge in [0.25, 0.3) is 0 Å². The molecular formula is C64H49NOS. The second-order valence-corrected chi connectivity index (χ2v) is 18.6. The number of furan rings is 1. The molecule has 0 fully saturated rings. The first kappa shape index (κ1) is 41.7. The predicted molar refractivity (Wildman–Crippen MR) is 289 cm³/mol. The Hall–Kier alpha value is -7.98. The van der Waals surface area contributed by atoms with Crippen LogP contribution in [0.2, 0.25) is 0 Å². The third-order valence-electron chi connectivity index (χ3n) is 12.9. The topological polar surface area (TPSA) is 18.1 Å². The van der Waals surface area contributed by atoms with Crippen LogP contribution in [0.3, 0.4) is 0 Å². The number of nitrogens with zero attached hydrogens (tertiary/aromatic N) is 1. The molecule has 0 atom stereocenters. The van der Waals surface area contributed by atoms with Gasteiger partial charge in [-0.1, -0.05) is 199 Å². The summed E-state index contributed by atoms with van der Waals surface area (Å²) in [6.07, 6.45) is 0. The molecule has 0 saturated heterocycles. The molecule has 322 valence electrons. The van der Waals surface area contributed by atoms with Gasteiger partial charge in [0, 0.05) is 53.0 Å². The van der Waals surface area contributed by atoms with Crippen LogP contribution in [0, 0.1) is 27.7 Å². The highest BCUT2D eigenvalue weighted by Crippen LogP contribution is 2.40. The Balaban J connectivity index is 0.000000113. The molecule has 0 radical (unpaired) electrons. The number of aryl methyl sites for hydroxylation is 4. The van der Waals surface area contributed by atoms with Gasteiger partial charge in [-0.3, -0.25) is 0 Å². The summed E-state index contributed by atoms with van der Waals surface area (Å²) >= 11 is 1.89. The first-order chi connectivity index (χ1) is 32.9. The highest BCUT2D eigenvalue weighted by Gasteiger charge is 2.15. The highest BCUT2D eigenvalue weighted by molar-refractivity contribution is 7.26. The van der Waals surface area contributed by atoms with Crippen LogP contribution in [-0.2, 0) is 0 Å². The van der Waals surface area contributed by atoms with Gasteiger partial charge in [-0.15, -0.1) is 11.3 Å². The fourth-order valence-electron chi connectivity index (χ4n) is 9.36. The Kier molecular flexibility index (Phi) is 11.1. The molecule has 0 amide bonds. The molecule has 0 bridgehead atoms. The van der Waals surface area contributed by atoms with Crippen molar-refractivity contribution >= 4 is 75.3 Å². The van der Waals surface area contributed by atoms with Gasteiger partial charge in [-0.2, -0.15) is 0 Å². The van der Waals surface area contributed by atoms with E-state index in [0.717, 1.165) is 16.7 Å². The van der Waals surface area contributed by atoms with Gasteiger partial charge in [0.1, 0.15) is 11.2 Å². The van der Waals surface area contributed by atoms with Crippen molar-refractivity contribution in [3.63, 3.8) is 0 Å². The maximum atomic E-state index is 6.07. The van der Waals surface area contributed by atoms with Crippen LogP contribution in [0.4, 0.5) is 0 Å². The Morgan fingerprint density at radius 2 is 0.881 bits per heavy atom. The summed E-state index contributed by atoms with van der Waals surface area (Å²) in [6.45, 7) is 8.50. The molecule has 0 aliphatic carbocycles. The summed E-state index contributed by atoms with van der Waals surface area (Å²) < 4.78 is 11.2. The Bertz CT molecular complexity index is 3730. The smallest absolute Gasteiger partial charge is 0.143 e. The van der Waals surface area contributed by atoms with Gasteiger partial charge in [-0.25, -0.2) is 0 Å². The highest BCUT2D eigenvalue weighted by atomic mass is 32.1. The minimum absolute atomic E-state index is 0.946. The first-order valence-electron chi connectivity index (χ1n) is 23.0. The average molecular weight is 880 g/mol. The van der Waals surface area contributed by atoms with Crippen molar-refractivity contribution in [2.24, 2.45) is 0 Å². The maximum Gasteiger partial charge on any atom is 0.143 e. The SMILES string of the molecule is Cc1ccc(-c2ccc3c(c2)c2ccccc2n3-c2cccc(C)c2)cc1.Cc1ccc(-c2cccc3c2oc2ccccc23)cc1.Cc1ccc(-c2cccc3c2sc2ccccc23)cc1. The summed E-state index contributed by atoms with van der Waals surface area (Å²) in [6, 6.07) is 80.2. The molecule has 0 N–H and O–H groups in total. The van der Waals surface area contributed by atoms with E-state index in [1.54, 1.807) is 0 Å². The number of hydrogen-bond acceptors (Lipinski definition) is 2. The van der Waals surface area contributed by atoms with Gasteiger partial charge in [0.15, 0.2) is 0 Å². The summed E-state index contributed by atoms with van der Waals surface area (Å²) in [4.78, 5) is 0. The lowest BCUT2D eigenvalue weighted by molar-refractivity contribution is 0.670. The van der Waals surface area contributed by atoms with E-state index in [9.17, 15) is 0 Å². The zero-order chi connectivity index (χ0) is 45.4. The second-order valence-electron chi connectivity index (χ2n) is 17.6. The summed E-state index contributed by atoms with van der Waals surface area (Å²) in [7, 11) is 0. The van der Waals surface area contributed by atoms with Crippen LogP contribution in [0.1, 0.15) is 22.3 Å². The van der Waals surface area contributed by atoms with E-state index in [4.69, 9.17) is 4.42 Å². The van der Waals surface area contributed by atoms with Crippen LogP contribution in [-0.4, -0.2) is 4.57 Å². The first-order valence-corrected chi connectivity index (χ1v) is 23.8. The quantitative estimate of drug-likeness (QED) is 0.172. The second kappa shape index (κ2) is 17.8. The molecule has 0 unspecified atom stereocenters. The normalized spacial score (nSPS) is 11.3. The number of rotatable bonds is 4.